The molecular formula is C23H19F3N4O2. The lowest BCUT2D eigenvalue weighted by atomic mass is 10.1. The number of benzene rings is 1. The van der Waals surface area contributed by atoms with Crippen LogP contribution in [0.2, 0.25) is 0 Å². The Morgan fingerprint density at radius 2 is 2.00 bits per heavy atom. The van der Waals surface area contributed by atoms with Crippen LogP contribution in [-0.2, 0) is 6.18 Å². The summed E-state index contributed by atoms with van der Waals surface area (Å²) >= 11 is 0. The van der Waals surface area contributed by atoms with Crippen LogP contribution in [0.5, 0.6) is 11.6 Å². The summed E-state index contributed by atoms with van der Waals surface area (Å²) in [7, 11) is 0. The van der Waals surface area contributed by atoms with E-state index in [0.717, 1.165) is 29.8 Å². The number of amides is 2. The van der Waals surface area contributed by atoms with Gasteiger partial charge in [-0.25, -0.2) is 9.78 Å². The van der Waals surface area contributed by atoms with Crippen molar-refractivity contribution in [2.45, 2.75) is 12.6 Å². The highest BCUT2D eigenvalue weighted by atomic mass is 19.4. The molecule has 0 saturated carbocycles. The molecule has 0 bridgehead atoms. The fraction of sp³-hybridized carbons (Fsp3) is 0.174. The lowest BCUT2D eigenvalue weighted by Crippen LogP contribution is -2.32. The number of rotatable bonds is 4. The number of carbonyl (C=O) groups is 1. The van der Waals surface area contributed by atoms with Gasteiger partial charge in [0.15, 0.2) is 0 Å². The van der Waals surface area contributed by atoms with Gasteiger partial charge in [-0.1, -0.05) is 18.2 Å². The molecule has 1 saturated heterocycles. The molecule has 2 aromatic heterocycles. The van der Waals surface area contributed by atoms with Crippen LogP contribution in [0.25, 0.3) is 6.08 Å². The van der Waals surface area contributed by atoms with Crippen LogP contribution in [-0.4, -0.2) is 34.0 Å². The minimum absolute atomic E-state index is 0.0712. The third kappa shape index (κ3) is 5.42. The zero-order chi connectivity index (χ0) is 22.6. The van der Waals surface area contributed by atoms with Crippen molar-refractivity contribution in [2.24, 2.45) is 0 Å². The van der Waals surface area contributed by atoms with Gasteiger partial charge in [0.05, 0.1) is 17.4 Å². The van der Waals surface area contributed by atoms with E-state index in [1.807, 2.05) is 12.1 Å². The molecule has 1 aromatic carbocycles. The Hall–Kier alpha value is -3.88. The van der Waals surface area contributed by atoms with Crippen molar-refractivity contribution in [3.8, 4) is 11.6 Å². The van der Waals surface area contributed by atoms with Crippen molar-refractivity contribution >= 4 is 17.8 Å². The molecule has 9 heteroatoms. The Kier molecular flexibility index (Phi) is 6.07. The van der Waals surface area contributed by atoms with E-state index < -0.39 is 11.7 Å². The second-order valence-electron chi connectivity index (χ2n) is 7.20. The summed E-state index contributed by atoms with van der Waals surface area (Å²) in [5, 5.41) is 2.82. The third-order valence-electron chi connectivity index (χ3n) is 4.81. The van der Waals surface area contributed by atoms with Crippen molar-refractivity contribution in [3.63, 3.8) is 0 Å². The summed E-state index contributed by atoms with van der Waals surface area (Å²) in [5.41, 5.74) is 1.74. The average molecular weight is 440 g/mol. The van der Waals surface area contributed by atoms with Crippen LogP contribution in [0.1, 0.15) is 17.5 Å². The Labute approximate surface area is 182 Å². The van der Waals surface area contributed by atoms with E-state index in [2.05, 4.69) is 15.3 Å². The molecule has 1 fully saturated rings. The highest BCUT2D eigenvalue weighted by Gasteiger charge is 2.30. The molecule has 0 radical (unpaired) electrons. The van der Waals surface area contributed by atoms with Crippen molar-refractivity contribution in [2.75, 3.05) is 18.4 Å². The van der Waals surface area contributed by atoms with Gasteiger partial charge < -0.3 is 15.0 Å². The number of hydrogen-bond donors (Lipinski definition) is 1. The first kappa shape index (κ1) is 21.4. The lowest BCUT2D eigenvalue weighted by Gasteiger charge is -2.15. The van der Waals surface area contributed by atoms with E-state index in [0.29, 0.717) is 24.5 Å². The van der Waals surface area contributed by atoms with E-state index in [1.165, 1.54) is 6.07 Å². The van der Waals surface area contributed by atoms with Gasteiger partial charge in [0.25, 0.3) is 0 Å². The molecule has 4 rings (SSSR count). The molecule has 3 aromatic rings. The van der Waals surface area contributed by atoms with Crippen LogP contribution in [0, 0.1) is 0 Å². The first-order chi connectivity index (χ1) is 15.4. The highest BCUT2D eigenvalue weighted by Crippen LogP contribution is 2.30. The maximum absolute atomic E-state index is 12.7. The van der Waals surface area contributed by atoms with Crippen LogP contribution in [0.4, 0.5) is 23.7 Å². The summed E-state index contributed by atoms with van der Waals surface area (Å²) in [5.74, 6) is 0.526. The molecule has 32 heavy (non-hydrogen) atoms. The molecule has 164 valence electrons. The highest BCUT2D eigenvalue weighted by molar-refractivity contribution is 5.89. The van der Waals surface area contributed by atoms with Crippen LogP contribution < -0.4 is 10.1 Å². The minimum atomic E-state index is -4.44. The van der Waals surface area contributed by atoms with Gasteiger partial charge in [-0.15, -0.1) is 0 Å². The molecule has 6 nitrogen and oxygen atoms in total. The molecule has 1 aliphatic heterocycles. The normalized spacial score (nSPS) is 15.1. The van der Waals surface area contributed by atoms with Gasteiger partial charge in [0.2, 0.25) is 5.88 Å². The number of alkyl halides is 3. The predicted octanol–water partition coefficient (Wildman–Crippen LogP) is 5.61. The third-order valence-corrected chi connectivity index (χ3v) is 4.81. The first-order valence-corrected chi connectivity index (χ1v) is 9.83. The van der Waals surface area contributed by atoms with Gasteiger partial charge in [-0.2, -0.15) is 13.2 Å². The molecule has 1 aliphatic rings. The van der Waals surface area contributed by atoms with Crippen molar-refractivity contribution in [1.82, 2.24) is 14.9 Å². The van der Waals surface area contributed by atoms with E-state index in [1.54, 1.807) is 47.6 Å². The minimum Gasteiger partial charge on any atom is -0.439 e. The van der Waals surface area contributed by atoms with Gasteiger partial charge in [-0.3, -0.25) is 4.98 Å². The van der Waals surface area contributed by atoms with E-state index >= 15 is 0 Å². The molecule has 0 unspecified atom stereocenters. The number of urea groups is 1. The Morgan fingerprint density at radius 3 is 2.72 bits per heavy atom. The Morgan fingerprint density at radius 1 is 1.12 bits per heavy atom. The SMILES string of the molecule is O=C(Nc1cccnc1)N1CC/C(=C\c2cccc(Oc3ccc(C(F)(F)F)cn3)c2)C1. The monoisotopic (exact) mass is 440 g/mol. The van der Waals surface area contributed by atoms with E-state index in [9.17, 15) is 18.0 Å². The standard InChI is InChI=1S/C23H19F3N4O2/c24-23(25,26)18-6-7-21(28-13-18)32-20-5-1-3-16(12-20)11-17-8-10-30(15-17)22(31)29-19-4-2-9-27-14-19/h1-7,9,11-14H,8,10,15H2,(H,29,31)/b17-11+. The van der Waals surface area contributed by atoms with Crippen molar-refractivity contribution in [3.05, 3.63) is 83.8 Å². The molecule has 0 atom stereocenters. The number of anilines is 1. The van der Waals surface area contributed by atoms with Crippen LogP contribution in [0.3, 0.4) is 0 Å². The number of nitrogens with one attached hydrogen (secondary N) is 1. The van der Waals surface area contributed by atoms with Gasteiger partial charge in [-0.05, 0) is 47.9 Å². The number of pyridine rings is 2. The van der Waals surface area contributed by atoms with Gasteiger partial charge >= 0.3 is 12.2 Å². The van der Waals surface area contributed by atoms with Crippen LogP contribution in [0.15, 0.2) is 72.7 Å². The zero-order valence-corrected chi connectivity index (χ0v) is 16.8. The summed E-state index contributed by atoms with van der Waals surface area (Å²) in [6.07, 6.45) is 2.24. The molecule has 0 spiro atoms. The fourth-order valence-corrected chi connectivity index (χ4v) is 3.24. The van der Waals surface area contributed by atoms with Gasteiger partial charge in [0, 0.05) is 31.5 Å². The molecule has 3 heterocycles. The lowest BCUT2D eigenvalue weighted by molar-refractivity contribution is -0.137. The van der Waals surface area contributed by atoms with E-state index in [-0.39, 0.29) is 11.9 Å². The zero-order valence-electron chi connectivity index (χ0n) is 16.8. The smallest absolute Gasteiger partial charge is 0.417 e. The number of hydrogen-bond acceptors (Lipinski definition) is 4. The number of ether oxygens (including phenoxy) is 1. The summed E-state index contributed by atoms with van der Waals surface area (Å²) in [4.78, 5) is 21.8. The molecule has 1 N–H and O–H groups in total. The molecular weight excluding hydrogens is 421 g/mol. The Balaban J connectivity index is 1.39. The topological polar surface area (TPSA) is 67.4 Å². The number of nitrogens with zero attached hydrogens (tertiary/aromatic N) is 3. The number of likely N-dealkylation sites (tertiary alicyclic amines) is 1. The average Bonchev–Trinajstić information content (AvgIpc) is 3.23. The van der Waals surface area contributed by atoms with Crippen LogP contribution >= 0.6 is 0 Å². The summed E-state index contributed by atoms with van der Waals surface area (Å²) in [6.45, 7) is 1.10. The second kappa shape index (κ2) is 9.09. The Bertz CT molecular complexity index is 1120. The molecule has 0 aliphatic carbocycles. The first-order valence-electron chi connectivity index (χ1n) is 9.83. The molecule has 2 amide bonds. The predicted molar refractivity (Wildman–Crippen MR) is 113 cm³/mol. The van der Waals surface area contributed by atoms with E-state index in [4.69, 9.17) is 4.74 Å². The number of aromatic nitrogens is 2. The largest absolute Gasteiger partial charge is 0.439 e. The van der Waals surface area contributed by atoms with Gasteiger partial charge in [0.1, 0.15) is 5.75 Å². The maximum atomic E-state index is 12.7. The van der Waals surface area contributed by atoms with Crippen molar-refractivity contribution in [1.29, 1.82) is 0 Å². The fourth-order valence-electron chi connectivity index (χ4n) is 3.24. The number of halogens is 3. The quantitative estimate of drug-likeness (QED) is 0.573. The summed E-state index contributed by atoms with van der Waals surface area (Å²) in [6, 6.07) is 12.6. The second-order valence-corrected chi connectivity index (χ2v) is 7.20. The number of carbonyl (C=O) groups excluding carboxylic acids is 1. The van der Waals surface area contributed by atoms with Crippen molar-refractivity contribution < 1.29 is 22.7 Å². The maximum Gasteiger partial charge on any atom is 0.417 e. The summed E-state index contributed by atoms with van der Waals surface area (Å²) < 4.78 is 43.6.